The summed E-state index contributed by atoms with van der Waals surface area (Å²) in [6.07, 6.45) is 0. The van der Waals surface area contributed by atoms with Gasteiger partial charge in [-0.1, -0.05) is 18.2 Å². The molecule has 4 heteroatoms. The first kappa shape index (κ1) is 12.9. The fourth-order valence-electron chi connectivity index (χ4n) is 1.31. The van der Waals surface area contributed by atoms with Crippen molar-refractivity contribution in [1.82, 2.24) is 0 Å². The van der Waals surface area contributed by atoms with E-state index in [0.717, 1.165) is 22.1 Å². The maximum Gasteiger partial charge on any atom is 0.0394 e. The summed E-state index contributed by atoms with van der Waals surface area (Å²) in [6, 6.07) is 11.6. The molecule has 76 valence electrons. The number of benzene rings is 2. The summed E-state index contributed by atoms with van der Waals surface area (Å²) in [5, 5.41) is 2.15. The number of halogens is 2. The Hall–Kier alpha value is -1.12. The average Bonchev–Trinajstić information content (AvgIpc) is 2.07. The molecule has 14 heavy (non-hydrogen) atoms. The van der Waals surface area contributed by atoms with Crippen molar-refractivity contribution in [1.29, 1.82) is 0 Å². The number of rotatable bonds is 0. The zero-order valence-electron chi connectivity index (χ0n) is 7.44. The highest BCUT2D eigenvalue weighted by Gasteiger charge is 1.96. The van der Waals surface area contributed by atoms with E-state index < -0.39 is 0 Å². The molecule has 0 unspecified atom stereocenters. The lowest BCUT2D eigenvalue weighted by Gasteiger charge is -2.01. The molecule has 0 spiro atoms. The van der Waals surface area contributed by atoms with Crippen LogP contribution in [0.3, 0.4) is 0 Å². The smallest absolute Gasteiger partial charge is 0.0394 e. The summed E-state index contributed by atoms with van der Waals surface area (Å²) in [5.41, 5.74) is 12.9. The van der Waals surface area contributed by atoms with E-state index in [-0.39, 0.29) is 24.8 Å². The SMILES string of the molecule is Cl.Cl.Nc1ccc2cccc(N)c2c1. The Kier molecular flexibility index (Phi) is 4.54. The normalized spacial score (nSPS) is 8.86. The Bertz CT molecular complexity index is 429. The van der Waals surface area contributed by atoms with Crippen molar-refractivity contribution in [2.75, 3.05) is 11.5 Å². The van der Waals surface area contributed by atoms with Gasteiger partial charge in [0.2, 0.25) is 0 Å². The van der Waals surface area contributed by atoms with Crippen molar-refractivity contribution < 1.29 is 0 Å². The van der Waals surface area contributed by atoms with Crippen molar-refractivity contribution >= 4 is 47.0 Å². The average molecular weight is 231 g/mol. The maximum absolute atomic E-state index is 5.77. The third-order valence-corrected chi connectivity index (χ3v) is 1.94. The van der Waals surface area contributed by atoms with Crippen molar-refractivity contribution in [3.8, 4) is 0 Å². The van der Waals surface area contributed by atoms with E-state index in [1.165, 1.54) is 0 Å². The minimum absolute atomic E-state index is 0. The molecule has 4 N–H and O–H groups in total. The zero-order chi connectivity index (χ0) is 8.55. The van der Waals surface area contributed by atoms with E-state index in [0.29, 0.717) is 0 Å². The van der Waals surface area contributed by atoms with Crippen LogP contribution in [0.2, 0.25) is 0 Å². The molecule has 0 atom stereocenters. The molecule has 0 aromatic heterocycles. The van der Waals surface area contributed by atoms with Gasteiger partial charge in [-0.3, -0.25) is 0 Å². The van der Waals surface area contributed by atoms with Gasteiger partial charge in [0.05, 0.1) is 0 Å². The van der Waals surface area contributed by atoms with E-state index in [2.05, 4.69) is 0 Å². The first-order chi connectivity index (χ1) is 5.77. The van der Waals surface area contributed by atoms with Gasteiger partial charge in [-0.05, 0) is 23.6 Å². The van der Waals surface area contributed by atoms with Crippen LogP contribution in [0.4, 0.5) is 11.4 Å². The molecule has 0 radical (unpaired) electrons. The van der Waals surface area contributed by atoms with Crippen molar-refractivity contribution in [2.24, 2.45) is 0 Å². The minimum atomic E-state index is 0. The molecule has 0 saturated heterocycles. The second-order valence-electron chi connectivity index (χ2n) is 2.83. The summed E-state index contributed by atoms with van der Waals surface area (Å²) in [5.74, 6) is 0. The number of fused-ring (bicyclic) bond motifs is 1. The van der Waals surface area contributed by atoms with Gasteiger partial charge in [0.15, 0.2) is 0 Å². The molecule has 0 fully saturated rings. The van der Waals surface area contributed by atoms with Crippen LogP contribution in [0.15, 0.2) is 36.4 Å². The fraction of sp³-hybridized carbons (Fsp3) is 0. The summed E-state index contributed by atoms with van der Waals surface area (Å²) in [7, 11) is 0. The molecule has 0 aliphatic heterocycles. The second-order valence-corrected chi connectivity index (χ2v) is 2.83. The van der Waals surface area contributed by atoms with Crippen LogP contribution < -0.4 is 11.5 Å². The van der Waals surface area contributed by atoms with Crippen molar-refractivity contribution in [3.63, 3.8) is 0 Å². The van der Waals surface area contributed by atoms with Gasteiger partial charge in [0, 0.05) is 16.8 Å². The highest BCUT2D eigenvalue weighted by molar-refractivity contribution is 5.94. The predicted octanol–water partition coefficient (Wildman–Crippen LogP) is 2.85. The number of anilines is 2. The first-order valence-electron chi connectivity index (χ1n) is 3.81. The number of hydrogen-bond donors (Lipinski definition) is 2. The Balaban J connectivity index is 0.000000845. The van der Waals surface area contributed by atoms with Gasteiger partial charge in [0.25, 0.3) is 0 Å². The molecular weight excluding hydrogens is 219 g/mol. The van der Waals surface area contributed by atoms with E-state index >= 15 is 0 Å². The van der Waals surface area contributed by atoms with E-state index in [1.807, 2.05) is 36.4 Å². The third kappa shape index (κ3) is 2.22. The van der Waals surface area contributed by atoms with Gasteiger partial charge >= 0.3 is 0 Å². The van der Waals surface area contributed by atoms with Crippen molar-refractivity contribution in [2.45, 2.75) is 0 Å². The summed E-state index contributed by atoms with van der Waals surface area (Å²) in [4.78, 5) is 0. The van der Waals surface area contributed by atoms with Crippen LogP contribution >= 0.6 is 24.8 Å². The molecule has 0 bridgehead atoms. The molecule has 0 amide bonds. The molecular formula is C10H12Cl2N2. The van der Waals surface area contributed by atoms with Gasteiger partial charge in [-0.2, -0.15) is 0 Å². The van der Waals surface area contributed by atoms with Gasteiger partial charge in [-0.25, -0.2) is 0 Å². The number of hydrogen-bond acceptors (Lipinski definition) is 2. The fourth-order valence-corrected chi connectivity index (χ4v) is 1.31. The van der Waals surface area contributed by atoms with Gasteiger partial charge in [0.1, 0.15) is 0 Å². The highest BCUT2D eigenvalue weighted by atomic mass is 35.5. The second kappa shape index (κ2) is 4.94. The molecule has 0 heterocycles. The topological polar surface area (TPSA) is 52.0 Å². The lowest BCUT2D eigenvalue weighted by Crippen LogP contribution is -1.88. The molecule has 0 saturated carbocycles. The van der Waals surface area contributed by atoms with Gasteiger partial charge in [-0.15, -0.1) is 24.8 Å². The van der Waals surface area contributed by atoms with Crippen LogP contribution in [0, 0.1) is 0 Å². The molecule has 0 aliphatic rings. The number of nitrogen functional groups attached to an aromatic ring is 2. The van der Waals surface area contributed by atoms with E-state index in [1.54, 1.807) is 0 Å². The van der Waals surface area contributed by atoms with E-state index in [4.69, 9.17) is 11.5 Å². The molecule has 2 aromatic rings. The lowest BCUT2D eigenvalue weighted by atomic mass is 10.1. The van der Waals surface area contributed by atoms with Crippen LogP contribution in [0.25, 0.3) is 10.8 Å². The Morgan fingerprint density at radius 3 is 2.29 bits per heavy atom. The largest absolute Gasteiger partial charge is 0.399 e. The zero-order valence-corrected chi connectivity index (χ0v) is 9.07. The van der Waals surface area contributed by atoms with Crippen LogP contribution in [0.1, 0.15) is 0 Å². The standard InChI is InChI=1S/C10H10N2.2ClH/c11-8-5-4-7-2-1-3-10(12)9(7)6-8;;/h1-6H,11-12H2;2*1H. The van der Waals surface area contributed by atoms with E-state index in [9.17, 15) is 0 Å². The lowest BCUT2D eigenvalue weighted by molar-refractivity contribution is 1.71. The monoisotopic (exact) mass is 230 g/mol. The molecule has 2 aromatic carbocycles. The Morgan fingerprint density at radius 1 is 0.857 bits per heavy atom. The minimum Gasteiger partial charge on any atom is -0.399 e. The molecule has 2 rings (SSSR count). The summed E-state index contributed by atoms with van der Waals surface area (Å²) in [6.45, 7) is 0. The molecule has 2 nitrogen and oxygen atoms in total. The molecule has 0 aliphatic carbocycles. The first-order valence-corrected chi connectivity index (χ1v) is 3.81. The van der Waals surface area contributed by atoms with Crippen LogP contribution in [-0.2, 0) is 0 Å². The third-order valence-electron chi connectivity index (χ3n) is 1.94. The van der Waals surface area contributed by atoms with Crippen LogP contribution in [0.5, 0.6) is 0 Å². The van der Waals surface area contributed by atoms with Gasteiger partial charge < -0.3 is 11.5 Å². The Labute approximate surface area is 95.1 Å². The summed E-state index contributed by atoms with van der Waals surface area (Å²) >= 11 is 0. The van der Waals surface area contributed by atoms with Crippen molar-refractivity contribution in [3.05, 3.63) is 36.4 Å². The van der Waals surface area contributed by atoms with Crippen LogP contribution in [-0.4, -0.2) is 0 Å². The summed E-state index contributed by atoms with van der Waals surface area (Å²) < 4.78 is 0. The maximum atomic E-state index is 5.77. The quantitative estimate of drug-likeness (QED) is 0.685. The number of nitrogens with two attached hydrogens (primary N) is 2. The highest BCUT2D eigenvalue weighted by Crippen LogP contribution is 2.22. The predicted molar refractivity (Wildman–Crippen MR) is 67.3 cm³/mol. The Morgan fingerprint density at radius 2 is 1.57 bits per heavy atom.